The van der Waals surface area contributed by atoms with Gasteiger partial charge >= 0.3 is 0 Å². The van der Waals surface area contributed by atoms with E-state index in [0.29, 0.717) is 5.69 Å². The number of aromatic nitrogens is 2. The summed E-state index contributed by atoms with van der Waals surface area (Å²) in [7, 11) is -3.29. The highest BCUT2D eigenvalue weighted by Gasteiger charge is 2.06. The predicted octanol–water partition coefficient (Wildman–Crippen LogP) is 2.10. The zero-order valence-corrected chi connectivity index (χ0v) is 12.0. The van der Waals surface area contributed by atoms with Crippen molar-refractivity contribution in [1.29, 1.82) is 0 Å². The fraction of sp³-hybridized carbons (Fsp3) is 0.0714. The van der Waals surface area contributed by atoms with Crippen LogP contribution in [0.15, 0.2) is 48.8 Å². The Morgan fingerprint density at radius 1 is 1.14 bits per heavy atom. The molecule has 0 aliphatic heterocycles. The van der Waals surface area contributed by atoms with Gasteiger partial charge in [0.1, 0.15) is 12.1 Å². The molecular weight excluding hydrogens is 290 g/mol. The minimum Gasteiger partial charge on any atom is -0.508 e. The maximum absolute atomic E-state index is 11.2. The molecule has 0 spiro atoms. The Bertz CT molecular complexity index is 899. The first kappa shape index (κ1) is 13.4. The van der Waals surface area contributed by atoms with Gasteiger partial charge < -0.3 is 5.11 Å². The first-order chi connectivity index (χ1) is 9.92. The van der Waals surface area contributed by atoms with Crippen molar-refractivity contribution >= 4 is 26.7 Å². The molecule has 0 aliphatic carbocycles. The van der Waals surface area contributed by atoms with Crippen molar-refractivity contribution in [2.75, 3.05) is 11.0 Å². The molecule has 6 nitrogen and oxygen atoms in total. The van der Waals surface area contributed by atoms with Crippen LogP contribution in [0.3, 0.4) is 0 Å². The van der Waals surface area contributed by atoms with Crippen molar-refractivity contribution < 1.29 is 13.5 Å². The van der Waals surface area contributed by atoms with Gasteiger partial charge in [0.25, 0.3) is 0 Å². The van der Waals surface area contributed by atoms with Crippen LogP contribution in [0.1, 0.15) is 0 Å². The molecule has 1 heterocycles. The average Bonchev–Trinajstić information content (AvgIpc) is 2.81. The number of benzene rings is 2. The number of aromatic hydroxyl groups is 1. The molecular formula is C14H13N3O3S. The summed E-state index contributed by atoms with van der Waals surface area (Å²) in [5.41, 5.74) is 2.86. The van der Waals surface area contributed by atoms with Gasteiger partial charge in [-0.05, 0) is 36.4 Å². The van der Waals surface area contributed by atoms with Gasteiger partial charge in [0.2, 0.25) is 10.0 Å². The molecule has 0 radical (unpaired) electrons. The van der Waals surface area contributed by atoms with Crippen molar-refractivity contribution in [3.8, 4) is 11.4 Å². The van der Waals surface area contributed by atoms with Crippen LogP contribution in [0.25, 0.3) is 16.7 Å². The van der Waals surface area contributed by atoms with E-state index in [1.807, 2.05) is 4.57 Å². The number of nitrogens with one attached hydrogen (secondary N) is 1. The SMILES string of the molecule is CS(=O)(=O)Nc1ccc(-n2cnc3ccc(O)cc32)cc1. The highest BCUT2D eigenvalue weighted by Crippen LogP contribution is 2.23. The number of hydrogen-bond donors (Lipinski definition) is 2. The molecule has 0 saturated heterocycles. The zero-order valence-electron chi connectivity index (χ0n) is 11.2. The second kappa shape index (κ2) is 4.78. The number of fused-ring (bicyclic) bond motifs is 1. The highest BCUT2D eigenvalue weighted by atomic mass is 32.2. The van der Waals surface area contributed by atoms with Crippen molar-refractivity contribution in [2.24, 2.45) is 0 Å². The lowest BCUT2D eigenvalue weighted by Crippen LogP contribution is -2.09. The molecule has 7 heteroatoms. The predicted molar refractivity (Wildman–Crippen MR) is 81.2 cm³/mol. The van der Waals surface area contributed by atoms with Crippen LogP contribution in [0, 0.1) is 0 Å². The molecule has 1 aromatic heterocycles. The number of phenolic OH excluding ortho intramolecular Hbond substituents is 1. The Kier molecular flexibility index (Phi) is 3.06. The third kappa shape index (κ3) is 2.82. The maximum atomic E-state index is 11.2. The monoisotopic (exact) mass is 303 g/mol. The molecule has 3 aromatic rings. The molecule has 0 fully saturated rings. The van der Waals surface area contributed by atoms with E-state index in [1.54, 1.807) is 48.8 Å². The molecule has 21 heavy (non-hydrogen) atoms. The topological polar surface area (TPSA) is 84.2 Å². The van der Waals surface area contributed by atoms with Crippen LogP contribution in [-0.2, 0) is 10.0 Å². The second-order valence-electron chi connectivity index (χ2n) is 4.71. The third-order valence-corrected chi connectivity index (χ3v) is 3.59. The quantitative estimate of drug-likeness (QED) is 0.776. The lowest BCUT2D eigenvalue weighted by molar-refractivity contribution is 0.476. The number of sulfonamides is 1. The maximum Gasteiger partial charge on any atom is 0.229 e. The largest absolute Gasteiger partial charge is 0.508 e. The first-order valence-electron chi connectivity index (χ1n) is 6.17. The Labute approximate surface area is 121 Å². The molecule has 0 unspecified atom stereocenters. The fourth-order valence-electron chi connectivity index (χ4n) is 2.11. The van der Waals surface area contributed by atoms with E-state index in [2.05, 4.69) is 9.71 Å². The number of hydrogen-bond acceptors (Lipinski definition) is 4. The summed E-state index contributed by atoms with van der Waals surface area (Å²) >= 11 is 0. The van der Waals surface area contributed by atoms with Gasteiger partial charge in [-0.3, -0.25) is 9.29 Å². The summed E-state index contributed by atoms with van der Waals surface area (Å²) in [5.74, 6) is 0.166. The number of phenols is 1. The minimum absolute atomic E-state index is 0.166. The van der Waals surface area contributed by atoms with Gasteiger partial charge in [-0.2, -0.15) is 0 Å². The Hall–Kier alpha value is -2.54. The fourth-order valence-corrected chi connectivity index (χ4v) is 2.67. The second-order valence-corrected chi connectivity index (χ2v) is 6.46. The molecule has 0 amide bonds. The van der Waals surface area contributed by atoms with Gasteiger partial charge in [0, 0.05) is 17.4 Å². The van der Waals surface area contributed by atoms with Gasteiger partial charge in [-0.25, -0.2) is 13.4 Å². The molecule has 2 N–H and O–H groups in total. The van der Waals surface area contributed by atoms with Gasteiger partial charge in [-0.1, -0.05) is 0 Å². The lowest BCUT2D eigenvalue weighted by atomic mass is 10.2. The average molecular weight is 303 g/mol. The van der Waals surface area contributed by atoms with Crippen LogP contribution < -0.4 is 4.72 Å². The molecule has 3 rings (SSSR count). The summed E-state index contributed by atoms with van der Waals surface area (Å²) in [5, 5.41) is 9.57. The Morgan fingerprint density at radius 2 is 1.86 bits per heavy atom. The van der Waals surface area contributed by atoms with E-state index >= 15 is 0 Å². The summed E-state index contributed by atoms with van der Waals surface area (Å²) < 4.78 is 26.6. The van der Waals surface area contributed by atoms with Crippen LogP contribution >= 0.6 is 0 Å². The Balaban J connectivity index is 2.01. The number of imidazole rings is 1. The molecule has 0 atom stereocenters. The molecule has 108 valence electrons. The summed E-state index contributed by atoms with van der Waals surface area (Å²) in [6.07, 6.45) is 2.76. The van der Waals surface area contributed by atoms with Crippen LogP contribution in [-0.4, -0.2) is 29.3 Å². The van der Waals surface area contributed by atoms with Gasteiger partial charge in [0.05, 0.1) is 17.3 Å². The smallest absolute Gasteiger partial charge is 0.229 e. The van der Waals surface area contributed by atoms with Gasteiger partial charge in [-0.15, -0.1) is 0 Å². The van der Waals surface area contributed by atoms with E-state index < -0.39 is 10.0 Å². The first-order valence-corrected chi connectivity index (χ1v) is 8.06. The minimum atomic E-state index is -3.29. The van der Waals surface area contributed by atoms with Crippen molar-refractivity contribution in [3.05, 3.63) is 48.8 Å². The lowest BCUT2D eigenvalue weighted by Gasteiger charge is -2.07. The Morgan fingerprint density at radius 3 is 2.52 bits per heavy atom. The number of anilines is 1. The highest BCUT2D eigenvalue weighted by molar-refractivity contribution is 7.92. The number of rotatable bonds is 3. The van der Waals surface area contributed by atoms with Crippen molar-refractivity contribution in [2.45, 2.75) is 0 Å². The van der Waals surface area contributed by atoms with E-state index in [4.69, 9.17) is 0 Å². The zero-order chi connectivity index (χ0) is 15.0. The molecule has 0 saturated carbocycles. The molecule has 0 aliphatic rings. The van der Waals surface area contributed by atoms with Crippen LogP contribution in [0.5, 0.6) is 5.75 Å². The summed E-state index contributed by atoms with van der Waals surface area (Å²) in [4.78, 5) is 4.26. The standard InChI is InChI=1S/C14H13N3O3S/c1-21(19,20)16-10-2-4-11(5-3-10)17-9-15-13-7-6-12(18)8-14(13)17/h2-9,16,18H,1H3. The summed E-state index contributed by atoms with van der Waals surface area (Å²) in [6, 6.07) is 11.8. The van der Waals surface area contributed by atoms with Crippen LogP contribution in [0.4, 0.5) is 5.69 Å². The normalized spacial score (nSPS) is 11.7. The summed E-state index contributed by atoms with van der Waals surface area (Å²) in [6.45, 7) is 0. The van der Waals surface area contributed by atoms with Gasteiger partial charge in [0.15, 0.2) is 0 Å². The van der Waals surface area contributed by atoms with Crippen molar-refractivity contribution in [3.63, 3.8) is 0 Å². The van der Waals surface area contributed by atoms with Crippen molar-refractivity contribution in [1.82, 2.24) is 9.55 Å². The molecule has 0 bridgehead atoms. The van der Waals surface area contributed by atoms with E-state index in [1.165, 1.54) is 0 Å². The van der Waals surface area contributed by atoms with E-state index in [-0.39, 0.29) is 5.75 Å². The molecule has 2 aromatic carbocycles. The number of nitrogens with zero attached hydrogens (tertiary/aromatic N) is 2. The van der Waals surface area contributed by atoms with Crippen LogP contribution in [0.2, 0.25) is 0 Å². The van der Waals surface area contributed by atoms with E-state index in [9.17, 15) is 13.5 Å². The van der Waals surface area contributed by atoms with E-state index in [0.717, 1.165) is 23.0 Å². The third-order valence-electron chi connectivity index (χ3n) is 2.98.